The summed E-state index contributed by atoms with van der Waals surface area (Å²) in [5.74, 6) is -1.93. The monoisotopic (exact) mass is 681 g/mol. The van der Waals surface area contributed by atoms with Crippen molar-refractivity contribution in [3.05, 3.63) is 77.0 Å². The summed E-state index contributed by atoms with van der Waals surface area (Å²) in [6.45, 7) is 1.63. The summed E-state index contributed by atoms with van der Waals surface area (Å²) in [4.78, 5) is 48.1. The van der Waals surface area contributed by atoms with E-state index >= 15 is 4.39 Å². The van der Waals surface area contributed by atoms with Gasteiger partial charge in [-0.3, -0.25) is 19.4 Å². The van der Waals surface area contributed by atoms with Gasteiger partial charge < -0.3 is 29.7 Å². The van der Waals surface area contributed by atoms with Crippen LogP contribution >= 0.6 is 15.9 Å². The Labute approximate surface area is 264 Å². The molecule has 3 amide bonds. The predicted molar refractivity (Wildman–Crippen MR) is 162 cm³/mol. The first-order valence-corrected chi connectivity index (χ1v) is 14.8. The van der Waals surface area contributed by atoms with E-state index in [-0.39, 0.29) is 42.2 Å². The van der Waals surface area contributed by atoms with E-state index in [4.69, 9.17) is 14.2 Å². The smallest absolute Gasteiger partial charge is 0.248 e. The number of pyridine rings is 2. The standard InChI is InChI=1S/C31H26BrF2N5O6/c32-26-27-21(16-36-28(26)44-14-12-39-11-13-43-17-25(39)40)23(7-10-35-27)45-24-6-5-20(15-22(24)34)38-30(42)31(8-9-31)29(41)37-19-3-1-18(33)2-4-19/h1-7,10,15-16H,8-9,11-14,17H2,(H,37,41)(H,38,42). The van der Waals surface area contributed by atoms with Gasteiger partial charge >= 0.3 is 0 Å². The van der Waals surface area contributed by atoms with Crippen LogP contribution in [-0.4, -0.2) is 65.5 Å². The molecule has 1 saturated carbocycles. The van der Waals surface area contributed by atoms with Crippen LogP contribution in [0.15, 0.2) is 65.4 Å². The van der Waals surface area contributed by atoms with E-state index in [2.05, 4.69) is 36.5 Å². The molecular formula is C31H26BrF2N5O6. The molecule has 1 aliphatic heterocycles. The molecule has 2 N–H and O–H groups in total. The highest BCUT2D eigenvalue weighted by Gasteiger charge is 2.56. The Bertz CT molecular complexity index is 1790. The van der Waals surface area contributed by atoms with Gasteiger partial charge in [-0.15, -0.1) is 0 Å². The number of fused-ring (bicyclic) bond motifs is 1. The number of anilines is 2. The molecule has 6 rings (SSSR count). The first-order chi connectivity index (χ1) is 21.7. The molecule has 2 aliphatic rings. The fourth-order valence-corrected chi connectivity index (χ4v) is 5.29. The quantitative estimate of drug-likeness (QED) is 0.222. The molecule has 2 aromatic carbocycles. The SMILES string of the molecule is O=C1COCCN1CCOc1ncc2c(Oc3ccc(NC(=O)C4(C(=O)Nc5ccc(F)cc5)CC4)cc3F)ccnc2c1Br. The first kappa shape index (κ1) is 30.3. The van der Waals surface area contributed by atoms with Crippen molar-refractivity contribution in [2.45, 2.75) is 12.8 Å². The molecule has 45 heavy (non-hydrogen) atoms. The molecule has 0 radical (unpaired) electrons. The van der Waals surface area contributed by atoms with E-state index in [1.54, 1.807) is 11.0 Å². The molecule has 0 unspecified atom stereocenters. The molecule has 2 fully saturated rings. The van der Waals surface area contributed by atoms with Crippen molar-refractivity contribution in [3.63, 3.8) is 0 Å². The van der Waals surface area contributed by atoms with Crippen molar-refractivity contribution in [1.82, 2.24) is 14.9 Å². The number of amides is 3. The lowest BCUT2D eigenvalue weighted by atomic mass is 10.0. The summed E-state index contributed by atoms with van der Waals surface area (Å²) >= 11 is 3.47. The Morgan fingerprint density at radius 3 is 2.44 bits per heavy atom. The van der Waals surface area contributed by atoms with Gasteiger partial charge in [0.05, 0.1) is 24.1 Å². The Balaban J connectivity index is 1.10. The summed E-state index contributed by atoms with van der Waals surface area (Å²) < 4.78 is 45.6. The number of nitrogens with zero attached hydrogens (tertiary/aromatic N) is 3. The number of aromatic nitrogens is 2. The number of halogens is 3. The lowest BCUT2D eigenvalue weighted by Crippen LogP contribution is -2.43. The number of carbonyl (C=O) groups is 3. The van der Waals surface area contributed by atoms with Gasteiger partial charge in [-0.1, -0.05) is 0 Å². The molecule has 0 bridgehead atoms. The number of hydrogen-bond donors (Lipinski definition) is 2. The minimum absolute atomic E-state index is 0.0576. The molecule has 2 aromatic heterocycles. The van der Waals surface area contributed by atoms with Gasteiger partial charge in [-0.05, 0) is 71.2 Å². The van der Waals surface area contributed by atoms with Crippen LogP contribution in [0, 0.1) is 17.0 Å². The van der Waals surface area contributed by atoms with Gasteiger partial charge in [0.2, 0.25) is 23.6 Å². The molecule has 1 saturated heterocycles. The molecule has 3 heterocycles. The topological polar surface area (TPSA) is 132 Å². The largest absolute Gasteiger partial charge is 0.475 e. The van der Waals surface area contributed by atoms with Gasteiger partial charge in [0.1, 0.15) is 34.7 Å². The third-order valence-electron chi connectivity index (χ3n) is 7.47. The summed E-state index contributed by atoms with van der Waals surface area (Å²) in [5.41, 5.74) is -0.309. The molecule has 11 nitrogen and oxygen atoms in total. The maximum absolute atomic E-state index is 15.2. The molecule has 1 aliphatic carbocycles. The van der Waals surface area contributed by atoms with Gasteiger partial charge in [0, 0.05) is 36.4 Å². The van der Waals surface area contributed by atoms with Crippen LogP contribution in [0.3, 0.4) is 0 Å². The number of carbonyl (C=O) groups excluding carboxylic acids is 3. The maximum atomic E-state index is 15.2. The Kier molecular flexibility index (Phi) is 8.59. The normalized spacial score (nSPS) is 15.4. The molecule has 14 heteroatoms. The van der Waals surface area contributed by atoms with Crippen molar-refractivity contribution in [2.75, 3.05) is 43.5 Å². The molecule has 0 spiro atoms. The van der Waals surface area contributed by atoms with E-state index in [1.807, 2.05) is 0 Å². The maximum Gasteiger partial charge on any atom is 0.248 e. The molecule has 4 aromatic rings. The van der Waals surface area contributed by atoms with Crippen molar-refractivity contribution in [3.8, 4) is 17.4 Å². The number of benzene rings is 2. The van der Waals surface area contributed by atoms with Gasteiger partial charge in [0.25, 0.3) is 0 Å². The highest BCUT2D eigenvalue weighted by atomic mass is 79.9. The number of nitrogens with one attached hydrogen (secondary N) is 2. The second-order valence-electron chi connectivity index (χ2n) is 10.5. The lowest BCUT2D eigenvalue weighted by molar-refractivity contribution is -0.143. The van der Waals surface area contributed by atoms with Crippen molar-refractivity contribution in [1.29, 1.82) is 0 Å². The van der Waals surface area contributed by atoms with Crippen LogP contribution in [0.5, 0.6) is 17.4 Å². The second kappa shape index (κ2) is 12.7. The van der Waals surface area contributed by atoms with Gasteiger partial charge in [0.15, 0.2) is 11.6 Å². The summed E-state index contributed by atoms with van der Waals surface area (Å²) in [7, 11) is 0. The van der Waals surface area contributed by atoms with Crippen molar-refractivity contribution < 1.29 is 37.4 Å². The van der Waals surface area contributed by atoms with Crippen molar-refractivity contribution in [2.24, 2.45) is 5.41 Å². The predicted octanol–water partition coefficient (Wildman–Crippen LogP) is 5.06. The zero-order valence-electron chi connectivity index (χ0n) is 23.6. The van der Waals surface area contributed by atoms with Crippen LogP contribution in [0.25, 0.3) is 10.9 Å². The highest BCUT2D eigenvalue weighted by molar-refractivity contribution is 9.10. The average Bonchev–Trinajstić information content (AvgIpc) is 3.85. The van der Waals surface area contributed by atoms with Crippen LogP contribution in [0.4, 0.5) is 20.2 Å². The summed E-state index contributed by atoms with van der Waals surface area (Å²) in [5, 5.41) is 5.73. The van der Waals surface area contributed by atoms with Crippen LogP contribution in [0.1, 0.15) is 12.8 Å². The average molecular weight is 682 g/mol. The van der Waals surface area contributed by atoms with Gasteiger partial charge in [-0.2, -0.15) is 0 Å². The zero-order valence-corrected chi connectivity index (χ0v) is 25.2. The molecule has 0 atom stereocenters. The third kappa shape index (κ3) is 6.56. The number of morpholine rings is 1. The van der Waals surface area contributed by atoms with Crippen LogP contribution in [-0.2, 0) is 19.1 Å². The second-order valence-corrected chi connectivity index (χ2v) is 11.3. The summed E-state index contributed by atoms with van der Waals surface area (Å²) in [6.07, 6.45) is 3.65. The fourth-order valence-electron chi connectivity index (χ4n) is 4.76. The Morgan fingerprint density at radius 1 is 1.00 bits per heavy atom. The van der Waals surface area contributed by atoms with Crippen LogP contribution < -0.4 is 20.1 Å². The summed E-state index contributed by atoms with van der Waals surface area (Å²) in [6, 6.07) is 10.7. The first-order valence-electron chi connectivity index (χ1n) is 14.0. The minimum atomic E-state index is -1.29. The fraction of sp³-hybridized carbons (Fsp3) is 0.258. The Morgan fingerprint density at radius 2 is 1.73 bits per heavy atom. The van der Waals surface area contributed by atoms with Gasteiger partial charge in [-0.25, -0.2) is 13.8 Å². The Hall–Kier alpha value is -4.69. The third-order valence-corrected chi connectivity index (χ3v) is 8.19. The van der Waals surface area contributed by atoms with Crippen LogP contribution in [0.2, 0.25) is 0 Å². The van der Waals surface area contributed by atoms with E-state index < -0.39 is 28.9 Å². The van der Waals surface area contributed by atoms with Crippen molar-refractivity contribution >= 4 is 55.9 Å². The number of ether oxygens (including phenoxy) is 3. The lowest BCUT2D eigenvalue weighted by Gasteiger charge is -2.26. The van der Waals surface area contributed by atoms with E-state index in [1.165, 1.54) is 48.8 Å². The van der Waals surface area contributed by atoms with E-state index in [9.17, 15) is 18.8 Å². The number of rotatable bonds is 10. The minimum Gasteiger partial charge on any atom is -0.475 e. The highest BCUT2D eigenvalue weighted by Crippen LogP contribution is 2.47. The molecular weight excluding hydrogens is 656 g/mol. The zero-order chi connectivity index (χ0) is 31.6. The van der Waals surface area contributed by atoms with E-state index in [0.717, 1.165) is 6.07 Å². The molecule has 232 valence electrons. The number of hydrogen-bond acceptors (Lipinski definition) is 8. The van der Waals surface area contributed by atoms with E-state index in [0.29, 0.717) is 53.6 Å².